The van der Waals surface area contributed by atoms with Crippen LogP contribution in [0.4, 0.5) is 5.69 Å². The number of pyridine rings is 1. The smallest absolute Gasteiger partial charge is 0.108 e. The fourth-order valence-electron chi connectivity index (χ4n) is 2.35. The molecule has 2 aromatic rings. The van der Waals surface area contributed by atoms with Gasteiger partial charge in [0, 0.05) is 42.6 Å². The van der Waals surface area contributed by atoms with Crippen molar-refractivity contribution in [3.63, 3.8) is 0 Å². The standard InChI is InChI=1S/C17H18Cl3N3S/c1-2-7-23(16-14(19)9-13(18)10-15(16)20)8-6-22-17(24)12-4-3-5-21-11-12/h3-5,9-11H,2,6-8H2,1H3,(H,22,24). The summed E-state index contributed by atoms with van der Waals surface area (Å²) >= 11 is 24.1. The number of hydrogen-bond acceptors (Lipinski definition) is 3. The Morgan fingerprint density at radius 2 is 1.92 bits per heavy atom. The average Bonchev–Trinajstić information content (AvgIpc) is 2.54. The first kappa shape index (κ1) is 19.3. The highest BCUT2D eigenvalue weighted by molar-refractivity contribution is 7.80. The van der Waals surface area contributed by atoms with Gasteiger partial charge in [-0.1, -0.05) is 53.9 Å². The minimum absolute atomic E-state index is 0.529. The molecule has 128 valence electrons. The molecule has 1 heterocycles. The summed E-state index contributed by atoms with van der Waals surface area (Å²) in [6.07, 6.45) is 4.44. The molecule has 0 unspecified atom stereocenters. The van der Waals surface area contributed by atoms with Gasteiger partial charge in [0.2, 0.25) is 0 Å². The van der Waals surface area contributed by atoms with Crippen molar-refractivity contribution >= 4 is 57.7 Å². The molecule has 3 nitrogen and oxygen atoms in total. The number of hydrogen-bond donors (Lipinski definition) is 1. The summed E-state index contributed by atoms with van der Waals surface area (Å²) in [5.41, 5.74) is 1.70. The van der Waals surface area contributed by atoms with Crippen molar-refractivity contribution in [3.8, 4) is 0 Å². The third-order valence-corrected chi connectivity index (χ3v) is 4.56. The molecule has 0 radical (unpaired) electrons. The second kappa shape index (κ2) is 9.42. The molecule has 0 spiro atoms. The van der Waals surface area contributed by atoms with Crippen molar-refractivity contribution in [3.05, 3.63) is 57.3 Å². The van der Waals surface area contributed by atoms with Gasteiger partial charge in [0.05, 0.1) is 15.7 Å². The van der Waals surface area contributed by atoms with Gasteiger partial charge in [0.15, 0.2) is 0 Å². The highest BCUT2D eigenvalue weighted by Crippen LogP contribution is 2.36. The van der Waals surface area contributed by atoms with Gasteiger partial charge in [-0.2, -0.15) is 0 Å². The molecule has 0 saturated carbocycles. The molecule has 2 rings (SSSR count). The molecule has 1 aromatic carbocycles. The number of nitrogens with zero attached hydrogens (tertiary/aromatic N) is 2. The van der Waals surface area contributed by atoms with E-state index >= 15 is 0 Å². The SMILES string of the molecule is CCCN(CCNC(=S)c1cccnc1)c1c(Cl)cc(Cl)cc1Cl. The first-order chi connectivity index (χ1) is 11.5. The van der Waals surface area contributed by atoms with Crippen molar-refractivity contribution in [2.24, 2.45) is 0 Å². The summed E-state index contributed by atoms with van der Waals surface area (Å²) in [5, 5.41) is 4.88. The Morgan fingerprint density at radius 1 is 1.21 bits per heavy atom. The molecule has 0 amide bonds. The monoisotopic (exact) mass is 401 g/mol. The number of benzene rings is 1. The van der Waals surface area contributed by atoms with E-state index in [-0.39, 0.29) is 0 Å². The highest BCUT2D eigenvalue weighted by atomic mass is 35.5. The van der Waals surface area contributed by atoms with Gasteiger partial charge in [-0.25, -0.2) is 0 Å². The number of anilines is 1. The van der Waals surface area contributed by atoms with Crippen LogP contribution < -0.4 is 10.2 Å². The average molecular weight is 403 g/mol. The van der Waals surface area contributed by atoms with E-state index in [0.717, 1.165) is 30.8 Å². The third kappa shape index (κ3) is 5.21. The van der Waals surface area contributed by atoms with Gasteiger partial charge in [0.25, 0.3) is 0 Å². The lowest BCUT2D eigenvalue weighted by Gasteiger charge is -2.27. The maximum atomic E-state index is 6.34. The van der Waals surface area contributed by atoms with E-state index < -0.39 is 0 Å². The second-order valence-corrected chi connectivity index (χ2v) is 6.86. The van der Waals surface area contributed by atoms with Crippen LogP contribution in [0, 0.1) is 0 Å². The van der Waals surface area contributed by atoms with Crippen LogP contribution in [-0.4, -0.2) is 29.6 Å². The second-order valence-electron chi connectivity index (χ2n) is 5.20. The Kier molecular flexibility index (Phi) is 7.56. The molecular formula is C17H18Cl3N3S. The van der Waals surface area contributed by atoms with Gasteiger partial charge >= 0.3 is 0 Å². The Hall–Kier alpha value is -1.07. The van der Waals surface area contributed by atoms with Crippen molar-refractivity contribution in [1.29, 1.82) is 0 Å². The minimum Gasteiger partial charge on any atom is -0.374 e. The molecule has 0 aliphatic heterocycles. The Bertz CT molecular complexity index is 672. The summed E-state index contributed by atoms with van der Waals surface area (Å²) in [6.45, 7) is 4.33. The molecule has 24 heavy (non-hydrogen) atoms. The fraction of sp³-hybridized carbons (Fsp3) is 0.294. The maximum absolute atomic E-state index is 6.34. The first-order valence-corrected chi connectivity index (χ1v) is 9.15. The topological polar surface area (TPSA) is 28.2 Å². The lowest BCUT2D eigenvalue weighted by atomic mass is 10.2. The lowest BCUT2D eigenvalue weighted by Crippen LogP contribution is -2.35. The van der Waals surface area contributed by atoms with E-state index in [1.54, 1.807) is 24.5 Å². The quantitative estimate of drug-likeness (QED) is 0.642. The Morgan fingerprint density at radius 3 is 2.50 bits per heavy atom. The Balaban J connectivity index is 2.03. The zero-order valence-corrected chi connectivity index (χ0v) is 16.3. The largest absolute Gasteiger partial charge is 0.374 e. The summed E-state index contributed by atoms with van der Waals surface area (Å²) < 4.78 is 0. The van der Waals surface area contributed by atoms with Crippen LogP contribution in [0.3, 0.4) is 0 Å². The van der Waals surface area contributed by atoms with Crippen molar-refractivity contribution in [2.75, 3.05) is 24.5 Å². The zero-order valence-electron chi connectivity index (χ0n) is 13.2. The molecule has 1 N–H and O–H groups in total. The van der Waals surface area contributed by atoms with Crippen LogP contribution in [0.5, 0.6) is 0 Å². The first-order valence-electron chi connectivity index (χ1n) is 7.60. The summed E-state index contributed by atoms with van der Waals surface area (Å²) in [5.74, 6) is 0. The molecule has 0 aliphatic rings. The van der Waals surface area contributed by atoms with Crippen molar-refractivity contribution in [2.45, 2.75) is 13.3 Å². The van der Waals surface area contributed by atoms with Gasteiger partial charge in [-0.3, -0.25) is 4.98 Å². The predicted molar refractivity (Wildman–Crippen MR) is 108 cm³/mol. The molecule has 0 saturated heterocycles. The molecule has 0 aliphatic carbocycles. The van der Waals surface area contributed by atoms with E-state index in [1.165, 1.54) is 0 Å². The van der Waals surface area contributed by atoms with Gasteiger partial charge in [-0.15, -0.1) is 0 Å². The van der Waals surface area contributed by atoms with E-state index in [0.29, 0.717) is 26.6 Å². The summed E-state index contributed by atoms with van der Waals surface area (Å²) in [6, 6.07) is 7.21. The predicted octanol–water partition coefficient (Wildman–Crippen LogP) is 5.22. The van der Waals surface area contributed by atoms with E-state index in [9.17, 15) is 0 Å². The van der Waals surface area contributed by atoms with Crippen LogP contribution in [0.1, 0.15) is 18.9 Å². The third-order valence-electron chi connectivity index (χ3n) is 3.38. The highest BCUT2D eigenvalue weighted by Gasteiger charge is 2.15. The lowest BCUT2D eigenvalue weighted by molar-refractivity contribution is 0.740. The normalized spacial score (nSPS) is 10.5. The molecule has 0 fully saturated rings. The minimum atomic E-state index is 0.529. The van der Waals surface area contributed by atoms with Gasteiger partial charge in [-0.05, 0) is 30.7 Å². The van der Waals surface area contributed by atoms with Crippen LogP contribution >= 0.6 is 47.0 Å². The van der Waals surface area contributed by atoms with E-state index in [1.807, 2.05) is 12.1 Å². The molecule has 0 bridgehead atoms. The van der Waals surface area contributed by atoms with Crippen LogP contribution in [0.25, 0.3) is 0 Å². The molecule has 1 aromatic heterocycles. The molecule has 7 heteroatoms. The number of rotatable bonds is 7. The number of nitrogens with one attached hydrogen (secondary N) is 1. The van der Waals surface area contributed by atoms with E-state index in [4.69, 9.17) is 47.0 Å². The zero-order chi connectivity index (χ0) is 17.5. The van der Waals surface area contributed by atoms with Crippen molar-refractivity contribution < 1.29 is 0 Å². The van der Waals surface area contributed by atoms with Gasteiger partial charge in [0.1, 0.15) is 4.99 Å². The number of halogens is 3. The Labute approximate surface area is 162 Å². The van der Waals surface area contributed by atoms with Crippen LogP contribution in [0.2, 0.25) is 15.1 Å². The number of aromatic nitrogens is 1. The number of thiocarbonyl (C=S) groups is 1. The molecule has 0 atom stereocenters. The van der Waals surface area contributed by atoms with Crippen molar-refractivity contribution in [1.82, 2.24) is 10.3 Å². The summed E-state index contributed by atoms with van der Waals surface area (Å²) in [4.78, 5) is 6.88. The summed E-state index contributed by atoms with van der Waals surface area (Å²) in [7, 11) is 0. The van der Waals surface area contributed by atoms with E-state index in [2.05, 4.69) is 22.1 Å². The molecular weight excluding hydrogens is 385 g/mol. The fourth-order valence-corrected chi connectivity index (χ4v) is 3.62. The van der Waals surface area contributed by atoms with Gasteiger partial charge < -0.3 is 10.2 Å². The van der Waals surface area contributed by atoms with Crippen LogP contribution in [0.15, 0.2) is 36.7 Å². The maximum Gasteiger partial charge on any atom is 0.108 e. The van der Waals surface area contributed by atoms with Crippen LogP contribution in [-0.2, 0) is 0 Å².